The van der Waals surface area contributed by atoms with Crippen molar-refractivity contribution in [3.63, 3.8) is 0 Å². The third-order valence-electron chi connectivity index (χ3n) is 3.66. The van der Waals surface area contributed by atoms with E-state index in [1.165, 1.54) is 89.9 Å². The normalized spacial score (nSPS) is 21.6. The molecule has 0 heterocycles. The summed E-state index contributed by atoms with van der Waals surface area (Å²) in [6.45, 7) is 0. The van der Waals surface area contributed by atoms with E-state index < -0.39 is 0 Å². The first-order chi connectivity index (χ1) is 8.00. The fourth-order valence-corrected chi connectivity index (χ4v) is 2.53. The molecule has 0 aromatic heterocycles. The van der Waals surface area contributed by atoms with E-state index in [2.05, 4.69) is 12.2 Å². The zero-order chi connectivity index (χ0) is 11.3. The zero-order valence-corrected chi connectivity index (χ0v) is 11.1. The second-order valence-electron chi connectivity index (χ2n) is 5.29. The zero-order valence-electron chi connectivity index (χ0n) is 11.1. The van der Waals surface area contributed by atoms with Crippen LogP contribution in [0.5, 0.6) is 0 Å². The molecular weight excluding hydrogens is 204 g/mol. The van der Waals surface area contributed by atoms with Crippen molar-refractivity contribution in [3.8, 4) is 0 Å². The van der Waals surface area contributed by atoms with E-state index in [9.17, 15) is 0 Å². The molecule has 3 aliphatic rings. The molecule has 3 aliphatic carbocycles. The number of rotatable bonds is 0. The lowest BCUT2D eigenvalue weighted by Crippen LogP contribution is -1.85. The lowest BCUT2D eigenvalue weighted by Gasteiger charge is -2.05. The molecular formula is C17H34. The van der Waals surface area contributed by atoms with Crippen LogP contribution in [0, 0.1) is 0 Å². The van der Waals surface area contributed by atoms with Crippen LogP contribution in [0.4, 0.5) is 0 Å². The van der Waals surface area contributed by atoms with Gasteiger partial charge >= 0.3 is 0 Å². The second-order valence-corrected chi connectivity index (χ2v) is 5.29. The van der Waals surface area contributed by atoms with Crippen molar-refractivity contribution in [2.24, 2.45) is 0 Å². The van der Waals surface area contributed by atoms with E-state index >= 15 is 0 Å². The van der Waals surface area contributed by atoms with Crippen molar-refractivity contribution < 1.29 is 0 Å². The highest BCUT2D eigenvalue weighted by Crippen LogP contribution is 2.15. The summed E-state index contributed by atoms with van der Waals surface area (Å²) in [6.07, 6.45) is 25.0. The van der Waals surface area contributed by atoms with Crippen LogP contribution in [0.1, 0.15) is 97.3 Å². The smallest absolute Gasteiger partial charge is 0.0348 e. The van der Waals surface area contributed by atoms with E-state index in [1.54, 1.807) is 0 Å². The standard InChI is InChI=1S/C6H12.C5H10.C5H8.CH4/c1-2-4-6-5-3-1;2*1-2-4-5-3-1;/h1-6H2;1-5H2;1-2H,3-5H2;1H4. The van der Waals surface area contributed by atoms with Crippen LogP contribution in [0.3, 0.4) is 0 Å². The minimum Gasteiger partial charge on any atom is -0.0885 e. The monoisotopic (exact) mass is 238 g/mol. The SMILES string of the molecule is C.C1=CCCC1.C1CCCC1.C1CCCCC1. The minimum absolute atomic E-state index is 0. The molecule has 0 bridgehead atoms. The van der Waals surface area contributed by atoms with Crippen LogP contribution >= 0.6 is 0 Å². The third-order valence-corrected chi connectivity index (χ3v) is 3.66. The number of hydrogen-bond acceptors (Lipinski definition) is 0. The van der Waals surface area contributed by atoms with Gasteiger partial charge in [-0.2, -0.15) is 0 Å². The summed E-state index contributed by atoms with van der Waals surface area (Å²) in [7, 11) is 0. The Bertz CT molecular complexity index is 124. The third kappa shape index (κ3) is 12.0. The van der Waals surface area contributed by atoms with Crippen LogP contribution in [-0.4, -0.2) is 0 Å². The average molecular weight is 238 g/mol. The maximum Gasteiger partial charge on any atom is -0.0348 e. The van der Waals surface area contributed by atoms with Crippen LogP contribution < -0.4 is 0 Å². The molecule has 0 atom stereocenters. The molecule has 0 N–H and O–H groups in total. The Balaban J connectivity index is 0.000000221. The van der Waals surface area contributed by atoms with Gasteiger partial charge in [-0.05, 0) is 19.3 Å². The van der Waals surface area contributed by atoms with Crippen molar-refractivity contribution in [2.75, 3.05) is 0 Å². The molecule has 102 valence electrons. The fraction of sp³-hybridized carbons (Fsp3) is 0.882. The molecule has 3 rings (SSSR count). The van der Waals surface area contributed by atoms with Gasteiger partial charge in [0.15, 0.2) is 0 Å². The largest absolute Gasteiger partial charge is 0.0885 e. The van der Waals surface area contributed by atoms with Crippen LogP contribution in [0.15, 0.2) is 12.2 Å². The maximum atomic E-state index is 2.24. The molecule has 2 saturated carbocycles. The van der Waals surface area contributed by atoms with Gasteiger partial charge in [-0.15, -0.1) is 0 Å². The highest BCUT2D eigenvalue weighted by atomic mass is 14.0. The van der Waals surface area contributed by atoms with Crippen molar-refractivity contribution in [3.05, 3.63) is 12.2 Å². The van der Waals surface area contributed by atoms with Gasteiger partial charge in [-0.25, -0.2) is 0 Å². The van der Waals surface area contributed by atoms with E-state index in [1.807, 2.05) is 0 Å². The molecule has 0 unspecified atom stereocenters. The van der Waals surface area contributed by atoms with Gasteiger partial charge in [-0.1, -0.05) is 90.2 Å². The van der Waals surface area contributed by atoms with Crippen LogP contribution in [-0.2, 0) is 0 Å². The topological polar surface area (TPSA) is 0 Å². The molecule has 0 aromatic rings. The lowest BCUT2D eigenvalue weighted by molar-refractivity contribution is 0.504. The highest BCUT2D eigenvalue weighted by Gasteiger charge is 1.96. The Morgan fingerprint density at radius 3 is 0.706 bits per heavy atom. The fourth-order valence-electron chi connectivity index (χ4n) is 2.53. The summed E-state index contributed by atoms with van der Waals surface area (Å²) in [5.74, 6) is 0. The predicted molar refractivity (Wildman–Crippen MR) is 80.5 cm³/mol. The Morgan fingerprint density at radius 2 is 0.588 bits per heavy atom. The van der Waals surface area contributed by atoms with Crippen LogP contribution in [0.25, 0.3) is 0 Å². The summed E-state index contributed by atoms with van der Waals surface area (Å²) < 4.78 is 0. The van der Waals surface area contributed by atoms with E-state index in [0.717, 1.165) is 0 Å². The lowest BCUT2D eigenvalue weighted by atomic mass is 10.0. The maximum absolute atomic E-state index is 2.24. The summed E-state index contributed by atoms with van der Waals surface area (Å²) in [4.78, 5) is 0. The summed E-state index contributed by atoms with van der Waals surface area (Å²) >= 11 is 0. The molecule has 17 heavy (non-hydrogen) atoms. The quantitative estimate of drug-likeness (QED) is 0.414. The van der Waals surface area contributed by atoms with Gasteiger partial charge in [0.1, 0.15) is 0 Å². The van der Waals surface area contributed by atoms with E-state index in [0.29, 0.717) is 0 Å². The highest BCUT2D eigenvalue weighted by molar-refractivity contribution is 4.88. The first kappa shape index (κ1) is 16.7. The molecule has 2 fully saturated rings. The summed E-state index contributed by atoms with van der Waals surface area (Å²) in [6, 6.07) is 0. The molecule has 0 aliphatic heterocycles. The summed E-state index contributed by atoms with van der Waals surface area (Å²) in [5.41, 5.74) is 0. The van der Waals surface area contributed by atoms with E-state index in [-0.39, 0.29) is 7.43 Å². The molecule has 0 saturated heterocycles. The molecule has 0 radical (unpaired) electrons. The Morgan fingerprint density at radius 1 is 0.353 bits per heavy atom. The Hall–Kier alpha value is -0.260. The molecule has 0 nitrogen and oxygen atoms in total. The van der Waals surface area contributed by atoms with Crippen molar-refractivity contribution in [2.45, 2.75) is 97.3 Å². The van der Waals surface area contributed by atoms with Crippen LogP contribution in [0.2, 0.25) is 0 Å². The predicted octanol–water partition coefficient (Wildman–Crippen LogP) is 6.65. The Kier molecular flexibility index (Phi) is 13.6. The molecule has 0 heteroatoms. The van der Waals surface area contributed by atoms with Gasteiger partial charge in [0.2, 0.25) is 0 Å². The van der Waals surface area contributed by atoms with Gasteiger partial charge in [-0.3, -0.25) is 0 Å². The van der Waals surface area contributed by atoms with E-state index in [4.69, 9.17) is 0 Å². The van der Waals surface area contributed by atoms with Crippen molar-refractivity contribution in [1.29, 1.82) is 0 Å². The van der Waals surface area contributed by atoms with Crippen molar-refractivity contribution in [1.82, 2.24) is 0 Å². The van der Waals surface area contributed by atoms with Gasteiger partial charge in [0.25, 0.3) is 0 Å². The van der Waals surface area contributed by atoms with Gasteiger partial charge < -0.3 is 0 Å². The number of allylic oxidation sites excluding steroid dienone is 2. The van der Waals surface area contributed by atoms with Crippen molar-refractivity contribution >= 4 is 0 Å². The first-order valence-electron chi connectivity index (χ1n) is 7.65. The second kappa shape index (κ2) is 13.8. The molecule has 0 spiro atoms. The molecule has 0 aromatic carbocycles. The van der Waals surface area contributed by atoms with Gasteiger partial charge in [0, 0.05) is 0 Å². The minimum atomic E-state index is 0. The summed E-state index contributed by atoms with van der Waals surface area (Å²) in [5, 5.41) is 0. The van der Waals surface area contributed by atoms with Gasteiger partial charge in [0.05, 0.1) is 0 Å². The average Bonchev–Trinajstić information content (AvgIpc) is 3.10. The first-order valence-corrected chi connectivity index (χ1v) is 7.65. The molecule has 0 amide bonds. The Labute approximate surface area is 110 Å². The number of hydrogen-bond donors (Lipinski definition) is 0.